The quantitative estimate of drug-likeness (QED) is 0.529. The summed E-state index contributed by atoms with van der Waals surface area (Å²) in [5, 5.41) is 3.41. The van der Waals surface area contributed by atoms with Crippen LogP contribution < -0.4 is 5.32 Å². The highest BCUT2D eigenvalue weighted by atomic mass is 16.5. The van der Waals surface area contributed by atoms with E-state index in [1.807, 2.05) is 24.3 Å². The topological polar surface area (TPSA) is 94.6 Å². The van der Waals surface area contributed by atoms with Crippen LogP contribution in [0.3, 0.4) is 0 Å². The first-order chi connectivity index (χ1) is 14.5. The van der Waals surface area contributed by atoms with Gasteiger partial charge in [0.05, 0.1) is 17.7 Å². The number of amides is 1. The molecule has 1 aromatic carbocycles. The van der Waals surface area contributed by atoms with Crippen molar-refractivity contribution in [3.8, 4) is 0 Å². The molecular weight excluding hydrogens is 384 g/mol. The number of hydrogen-bond acceptors (Lipinski definition) is 6. The Morgan fingerprint density at radius 1 is 1.20 bits per heavy atom. The zero-order chi connectivity index (χ0) is 21.5. The SMILES string of the molecule is CCOC(=O)CCCNC(=O)COC(=O)c1c2c(nc3ccccc13)CC[C@H](C)C2. The van der Waals surface area contributed by atoms with Crippen LogP contribution in [0.1, 0.15) is 54.7 Å². The van der Waals surface area contributed by atoms with Gasteiger partial charge in [-0.1, -0.05) is 25.1 Å². The molecule has 0 unspecified atom stereocenters. The molecule has 1 atom stereocenters. The maximum atomic E-state index is 12.9. The molecule has 0 bridgehead atoms. The van der Waals surface area contributed by atoms with Crippen LogP contribution in [0.15, 0.2) is 24.3 Å². The smallest absolute Gasteiger partial charge is 0.339 e. The second-order valence-electron chi connectivity index (χ2n) is 7.61. The molecule has 1 aromatic heterocycles. The molecule has 0 aliphatic heterocycles. The molecule has 1 amide bonds. The number of ether oxygens (including phenoxy) is 2. The Hall–Kier alpha value is -2.96. The van der Waals surface area contributed by atoms with Crippen molar-refractivity contribution in [2.75, 3.05) is 19.8 Å². The summed E-state index contributed by atoms with van der Waals surface area (Å²) in [6.45, 7) is 4.21. The highest BCUT2D eigenvalue weighted by Crippen LogP contribution is 2.31. The van der Waals surface area contributed by atoms with Crippen molar-refractivity contribution in [3.63, 3.8) is 0 Å². The van der Waals surface area contributed by atoms with Gasteiger partial charge in [0.15, 0.2) is 6.61 Å². The van der Waals surface area contributed by atoms with Gasteiger partial charge in [0.25, 0.3) is 5.91 Å². The van der Waals surface area contributed by atoms with E-state index in [0.29, 0.717) is 31.1 Å². The van der Waals surface area contributed by atoms with Crippen LogP contribution in [0.25, 0.3) is 10.9 Å². The number of aryl methyl sites for hydroxylation is 1. The average molecular weight is 412 g/mol. The molecule has 160 valence electrons. The minimum atomic E-state index is -0.499. The van der Waals surface area contributed by atoms with Gasteiger partial charge >= 0.3 is 11.9 Å². The second-order valence-corrected chi connectivity index (χ2v) is 7.61. The number of rotatable bonds is 8. The average Bonchev–Trinajstić information content (AvgIpc) is 2.73. The van der Waals surface area contributed by atoms with Gasteiger partial charge in [-0.25, -0.2) is 4.79 Å². The lowest BCUT2D eigenvalue weighted by atomic mass is 9.84. The van der Waals surface area contributed by atoms with Crippen LogP contribution in [0, 0.1) is 5.92 Å². The summed E-state index contributed by atoms with van der Waals surface area (Å²) < 4.78 is 10.2. The summed E-state index contributed by atoms with van der Waals surface area (Å²) >= 11 is 0. The number of carbonyl (C=O) groups excluding carboxylic acids is 3. The Morgan fingerprint density at radius 2 is 2.00 bits per heavy atom. The third kappa shape index (κ3) is 5.34. The van der Waals surface area contributed by atoms with Crippen LogP contribution in [-0.2, 0) is 31.9 Å². The molecule has 0 fully saturated rings. The van der Waals surface area contributed by atoms with E-state index in [0.717, 1.165) is 41.4 Å². The molecule has 0 saturated carbocycles. The van der Waals surface area contributed by atoms with E-state index in [2.05, 4.69) is 12.2 Å². The molecule has 1 aliphatic carbocycles. The molecule has 30 heavy (non-hydrogen) atoms. The summed E-state index contributed by atoms with van der Waals surface area (Å²) in [4.78, 5) is 41.0. The first-order valence-electron chi connectivity index (χ1n) is 10.5. The van der Waals surface area contributed by atoms with Gasteiger partial charge in [0.1, 0.15) is 0 Å². The maximum absolute atomic E-state index is 12.9. The number of hydrogen-bond donors (Lipinski definition) is 1. The van der Waals surface area contributed by atoms with Crippen LogP contribution in [0.2, 0.25) is 0 Å². The Bertz CT molecular complexity index is 941. The van der Waals surface area contributed by atoms with Crippen molar-refractivity contribution in [2.45, 2.75) is 46.0 Å². The van der Waals surface area contributed by atoms with Crippen LogP contribution in [0.5, 0.6) is 0 Å². The predicted octanol–water partition coefficient (Wildman–Crippen LogP) is 2.98. The molecule has 1 N–H and O–H groups in total. The minimum absolute atomic E-state index is 0.237. The standard InChI is InChI=1S/C23H28N2O5/c1-3-29-21(27)9-6-12-24-20(26)14-30-23(28)22-16-7-4-5-8-18(16)25-19-11-10-15(2)13-17(19)22/h4-5,7-8,15H,3,6,9-14H2,1-2H3,(H,24,26)/t15-/m0/s1. The molecule has 0 radical (unpaired) electrons. The van der Waals surface area contributed by atoms with Gasteiger partial charge in [-0.15, -0.1) is 0 Å². The van der Waals surface area contributed by atoms with Gasteiger partial charge in [0.2, 0.25) is 0 Å². The lowest BCUT2D eigenvalue weighted by Gasteiger charge is -2.24. The highest BCUT2D eigenvalue weighted by molar-refractivity contribution is 6.05. The number of nitrogens with one attached hydrogen (secondary N) is 1. The number of carbonyl (C=O) groups is 3. The van der Waals surface area contributed by atoms with E-state index in [9.17, 15) is 14.4 Å². The molecule has 2 aromatic rings. The highest BCUT2D eigenvalue weighted by Gasteiger charge is 2.26. The maximum Gasteiger partial charge on any atom is 0.339 e. The zero-order valence-electron chi connectivity index (χ0n) is 17.5. The number of benzene rings is 1. The van der Waals surface area contributed by atoms with E-state index in [-0.39, 0.29) is 19.0 Å². The van der Waals surface area contributed by atoms with Crippen molar-refractivity contribution >= 4 is 28.7 Å². The van der Waals surface area contributed by atoms with E-state index in [4.69, 9.17) is 14.5 Å². The number of para-hydroxylation sites is 1. The first kappa shape index (κ1) is 21.7. The van der Waals surface area contributed by atoms with E-state index >= 15 is 0 Å². The van der Waals surface area contributed by atoms with Gasteiger partial charge in [-0.05, 0) is 50.2 Å². The fourth-order valence-electron chi connectivity index (χ4n) is 3.74. The van der Waals surface area contributed by atoms with Gasteiger partial charge in [0, 0.05) is 24.0 Å². The Labute approximate surface area is 176 Å². The Kier molecular flexibility index (Phi) is 7.38. The molecule has 1 heterocycles. The fraction of sp³-hybridized carbons (Fsp3) is 0.478. The molecule has 0 saturated heterocycles. The van der Waals surface area contributed by atoms with Gasteiger partial charge in [-0.2, -0.15) is 0 Å². The predicted molar refractivity (Wildman–Crippen MR) is 112 cm³/mol. The first-order valence-corrected chi connectivity index (χ1v) is 10.5. The van der Waals surface area contributed by atoms with Gasteiger partial charge in [-0.3, -0.25) is 14.6 Å². The van der Waals surface area contributed by atoms with E-state index in [1.165, 1.54) is 0 Å². The number of fused-ring (bicyclic) bond motifs is 2. The van der Waals surface area contributed by atoms with E-state index in [1.54, 1.807) is 6.92 Å². The summed E-state index contributed by atoms with van der Waals surface area (Å²) in [5.41, 5.74) is 3.17. The lowest BCUT2D eigenvalue weighted by molar-refractivity contribution is -0.143. The van der Waals surface area contributed by atoms with Crippen molar-refractivity contribution in [1.29, 1.82) is 0 Å². The number of pyridine rings is 1. The normalized spacial score (nSPS) is 15.3. The Morgan fingerprint density at radius 3 is 2.80 bits per heavy atom. The minimum Gasteiger partial charge on any atom is -0.466 e. The summed E-state index contributed by atoms with van der Waals surface area (Å²) in [6, 6.07) is 7.52. The van der Waals surface area contributed by atoms with Crippen molar-refractivity contribution in [2.24, 2.45) is 5.92 Å². The third-order valence-corrected chi connectivity index (χ3v) is 5.23. The fourth-order valence-corrected chi connectivity index (χ4v) is 3.74. The number of nitrogens with zero attached hydrogens (tertiary/aromatic N) is 1. The summed E-state index contributed by atoms with van der Waals surface area (Å²) in [7, 11) is 0. The third-order valence-electron chi connectivity index (χ3n) is 5.23. The largest absolute Gasteiger partial charge is 0.466 e. The lowest BCUT2D eigenvalue weighted by Crippen LogP contribution is -2.30. The van der Waals surface area contributed by atoms with E-state index < -0.39 is 11.9 Å². The molecule has 7 heteroatoms. The molecular formula is C23H28N2O5. The molecule has 1 aliphatic rings. The van der Waals surface area contributed by atoms with Crippen LogP contribution in [-0.4, -0.2) is 42.6 Å². The second kappa shape index (κ2) is 10.2. The number of esters is 2. The molecule has 0 spiro atoms. The zero-order valence-corrected chi connectivity index (χ0v) is 17.5. The van der Waals surface area contributed by atoms with Crippen molar-refractivity contribution in [3.05, 3.63) is 41.1 Å². The number of aromatic nitrogens is 1. The summed E-state index contributed by atoms with van der Waals surface area (Å²) in [6.07, 6.45) is 3.36. The molecule has 3 rings (SSSR count). The van der Waals surface area contributed by atoms with Gasteiger partial charge < -0.3 is 14.8 Å². The molecule has 7 nitrogen and oxygen atoms in total. The van der Waals surface area contributed by atoms with Crippen LogP contribution >= 0.6 is 0 Å². The van der Waals surface area contributed by atoms with Crippen LogP contribution in [0.4, 0.5) is 0 Å². The Balaban J connectivity index is 1.63. The van der Waals surface area contributed by atoms with Crippen molar-refractivity contribution in [1.82, 2.24) is 10.3 Å². The van der Waals surface area contributed by atoms with Crippen molar-refractivity contribution < 1.29 is 23.9 Å². The summed E-state index contributed by atoms with van der Waals surface area (Å²) in [5.74, 6) is -0.718. The monoisotopic (exact) mass is 412 g/mol.